The van der Waals surface area contributed by atoms with Gasteiger partial charge in [0.25, 0.3) is 0 Å². The summed E-state index contributed by atoms with van der Waals surface area (Å²) < 4.78 is 36.0. The van der Waals surface area contributed by atoms with Gasteiger partial charge in [0.15, 0.2) is 0 Å². The molecule has 42 heavy (non-hydrogen) atoms. The molecule has 0 radical (unpaired) electrons. The molecule has 3 heterocycles. The van der Waals surface area contributed by atoms with E-state index < -0.39 is 15.6 Å². The zero-order chi connectivity index (χ0) is 30.1. The summed E-state index contributed by atoms with van der Waals surface area (Å²) in [6.07, 6.45) is 3.59. The molecule has 222 valence electrons. The third kappa shape index (κ3) is 6.72. The summed E-state index contributed by atoms with van der Waals surface area (Å²) in [4.78, 5) is 18.0. The van der Waals surface area contributed by atoms with Crippen molar-refractivity contribution < 1.29 is 17.9 Å². The fourth-order valence-corrected chi connectivity index (χ4v) is 6.76. The van der Waals surface area contributed by atoms with E-state index in [9.17, 15) is 13.2 Å². The van der Waals surface area contributed by atoms with Crippen LogP contribution in [0.3, 0.4) is 0 Å². The van der Waals surface area contributed by atoms with Crippen molar-refractivity contribution in [3.8, 4) is 17.0 Å². The first-order valence-electron chi connectivity index (χ1n) is 13.9. The molecule has 0 spiro atoms. The third-order valence-corrected chi connectivity index (χ3v) is 8.95. The van der Waals surface area contributed by atoms with Gasteiger partial charge in [-0.15, -0.1) is 5.10 Å². The molecule has 0 saturated carbocycles. The van der Waals surface area contributed by atoms with E-state index in [-0.39, 0.29) is 10.8 Å². The molecule has 0 unspecified atom stereocenters. The fourth-order valence-electron chi connectivity index (χ4n) is 5.29. The monoisotopic (exact) mass is 591 g/mol. The summed E-state index contributed by atoms with van der Waals surface area (Å²) in [5, 5.41) is 7.98. The number of fused-ring (bicyclic) bond motifs is 1. The number of nitrogens with one attached hydrogen (secondary N) is 2. The number of carbonyl (C=O) groups excluding carboxylic acids is 1. The number of nitrogens with two attached hydrogens (primary N) is 1. The fraction of sp³-hybridized carbons (Fsp3) is 0.367. The Hall–Kier alpha value is -4.00. The second kappa shape index (κ2) is 11.7. The topological polar surface area (TPSA) is 144 Å². The number of hydrogen-bond acceptors (Lipinski definition) is 8. The van der Waals surface area contributed by atoms with E-state index in [1.807, 2.05) is 30.3 Å². The second-order valence-electron chi connectivity index (χ2n) is 11.6. The molecular formula is C30H37N7O4S. The minimum atomic E-state index is -3.70. The Morgan fingerprint density at radius 1 is 1.10 bits per heavy atom. The molecule has 2 aromatic heterocycles. The summed E-state index contributed by atoms with van der Waals surface area (Å²) in [7, 11) is -2.07. The molecule has 4 N–H and O–H groups in total. The SMILES string of the molecule is COc1cc(C2CCN(CC(N)=O)CC2)ccc1Nc1ncc2ccc(-c3cccc(S(=O)(=O)NC(C)(C)C)c3)n2n1. The number of likely N-dealkylation sites (tertiary alicyclic amines) is 1. The molecule has 11 nitrogen and oxygen atoms in total. The van der Waals surface area contributed by atoms with Crippen molar-refractivity contribution in [2.45, 2.75) is 50.0 Å². The maximum Gasteiger partial charge on any atom is 0.245 e. The number of nitrogens with zero attached hydrogens (tertiary/aromatic N) is 4. The Balaban J connectivity index is 1.37. The van der Waals surface area contributed by atoms with Gasteiger partial charge in [0, 0.05) is 11.1 Å². The van der Waals surface area contributed by atoms with Crippen LogP contribution in [0.15, 0.2) is 65.7 Å². The third-order valence-electron chi connectivity index (χ3n) is 7.19. The van der Waals surface area contributed by atoms with Crippen LogP contribution < -0.4 is 20.5 Å². The van der Waals surface area contributed by atoms with Crippen molar-refractivity contribution in [2.24, 2.45) is 5.73 Å². The number of amides is 1. The quantitative estimate of drug-likeness (QED) is 0.266. The summed E-state index contributed by atoms with van der Waals surface area (Å²) >= 11 is 0. The summed E-state index contributed by atoms with van der Waals surface area (Å²) in [5.74, 6) is 1.11. The molecule has 1 fully saturated rings. The molecule has 1 saturated heterocycles. The van der Waals surface area contributed by atoms with E-state index in [0.717, 1.165) is 42.8 Å². The Bertz CT molecular complexity index is 1700. The number of ether oxygens (including phenoxy) is 1. The van der Waals surface area contributed by atoms with Crippen molar-refractivity contribution in [1.82, 2.24) is 24.2 Å². The smallest absolute Gasteiger partial charge is 0.245 e. The van der Waals surface area contributed by atoms with Crippen molar-refractivity contribution in [3.05, 3.63) is 66.4 Å². The van der Waals surface area contributed by atoms with Crippen molar-refractivity contribution in [2.75, 3.05) is 32.1 Å². The maximum atomic E-state index is 12.9. The summed E-state index contributed by atoms with van der Waals surface area (Å²) in [6, 6.07) is 16.7. The highest BCUT2D eigenvalue weighted by Crippen LogP contribution is 2.35. The van der Waals surface area contributed by atoms with Gasteiger partial charge in [0.2, 0.25) is 21.9 Å². The van der Waals surface area contributed by atoms with Crippen LogP contribution >= 0.6 is 0 Å². The predicted molar refractivity (Wildman–Crippen MR) is 162 cm³/mol. The van der Waals surface area contributed by atoms with Crippen LogP contribution in [0.25, 0.3) is 16.8 Å². The molecule has 12 heteroatoms. The number of hydrogen-bond donors (Lipinski definition) is 3. The van der Waals surface area contributed by atoms with Crippen LogP contribution in [0, 0.1) is 0 Å². The lowest BCUT2D eigenvalue weighted by Gasteiger charge is -2.31. The Morgan fingerprint density at radius 3 is 2.55 bits per heavy atom. The van der Waals surface area contributed by atoms with Crippen LogP contribution in [0.5, 0.6) is 5.75 Å². The van der Waals surface area contributed by atoms with Gasteiger partial charge in [-0.3, -0.25) is 9.69 Å². The van der Waals surface area contributed by atoms with Gasteiger partial charge < -0.3 is 15.8 Å². The summed E-state index contributed by atoms with van der Waals surface area (Å²) in [5.41, 5.74) is 8.85. The van der Waals surface area contributed by atoms with Crippen LogP contribution in [0.4, 0.5) is 11.6 Å². The number of benzene rings is 2. The number of primary amides is 1. The predicted octanol–water partition coefficient (Wildman–Crippen LogP) is 3.89. The molecule has 1 aliphatic heterocycles. The molecule has 0 bridgehead atoms. The number of sulfonamides is 1. The Morgan fingerprint density at radius 2 is 1.86 bits per heavy atom. The number of anilines is 2. The highest BCUT2D eigenvalue weighted by atomic mass is 32.2. The Labute approximate surface area is 246 Å². The molecule has 0 atom stereocenters. The normalized spacial score (nSPS) is 15.1. The summed E-state index contributed by atoms with van der Waals surface area (Å²) in [6.45, 7) is 7.36. The maximum absolute atomic E-state index is 12.9. The minimum Gasteiger partial charge on any atom is -0.495 e. The van der Waals surface area contributed by atoms with Gasteiger partial charge >= 0.3 is 0 Å². The van der Waals surface area contributed by atoms with E-state index in [4.69, 9.17) is 15.6 Å². The van der Waals surface area contributed by atoms with Crippen LogP contribution in [0.2, 0.25) is 0 Å². The number of methoxy groups -OCH3 is 1. The first-order valence-corrected chi connectivity index (χ1v) is 15.3. The number of aromatic nitrogens is 3. The molecule has 1 amide bonds. The van der Waals surface area contributed by atoms with Gasteiger partial charge in [-0.25, -0.2) is 22.6 Å². The molecule has 5 rings (SSSR count). The number of rotatable bonds is 9. The lowest BCUT2D eigenvalue weighted by Crippen LogP contribution is -2.40. The van der Waals surface area contributed by atoms with E-state index in [1.54, 1.807) is 56.8 Å². The number of piperidine rings is 1. The standard InChI is InChI=1S/C30H37N7O4S/c1-30(2,3)35-42(39,40)24-7-5-6-22(16-24)26-11-9-23-18-32-29(34-37(23)26)33-25-10-8-21(17-27(25)41-4)20-12-14-36(15-13-20)19-28(31)38/h5-11,16-18,20,35H,12-15,19H2,1-4H3,(H2,31,38)(H,33,34). The van der Waals surface area contributed by atoms with Gasteiger partial charge in [-0.2, -0.15) is 0 Å². The zero-order valence-electron chi connectivity index (χ0n) is 24.3. The van der Waals surface area contributed by atoms with E-state index in [1.165, 1.54) is 5.56 Å². The van der Waals surface area contributed by atoms with Gasteiger partial charge in [0.05, 0.1) is 41.6 Å². The first kappa shape index (κ1) is 29.5. The van der Waals surface area contributed by atoms with Crippen LogP contribution in [-0.4, -0.2) is 66.1 Å². The highest BCUT2D eigenvalue weighted by molar-refractivity contribution is 7.89. The van der Waals surface area contributed by atoms with Gasteiger partial charge in [-0.05, 0) is 94.6 Å². The number of carbonyl (C=O) groups is 1. The highest BCUT2D eigenvalue weighted by Gasteiger charge is 2.24. The zero-order valence-corrected chi connectivity index (χ0v) is 25.1. The van der Waals surface area contributed by atoms with Crippen molar-refractivity contribution in [1.29, 1.82) is 0 Å². The lowest BCUT2D eigenvalue weighted by atomic mass is 9.89. The van der Waals surface area contributed by atoms with E-state index in [2.05, 4.69) is 26.0 Å². The molecule has 2 aromatic carbocycles. The van der Waals surface area contributed by atoms with Crippen LogP contribution in [0.1, 0.15) is 45.1 Å². The molecule has 4 aromatic rings. The van der Waals surface area contributed by atoms with E-state index >= 15 is 0 Å². The van der Waals surface area contributed by atoms with E-state index in [0.29, 0.717) is 29.7 Å². The lowest BCUT2D eigenvalue weighted by molar-refractivity contribution is -0.119. The average Bonchev–Trinajstić information content (AvgIpc) is 3.35. The largest absolute Gasteiger partial charge is 0.495 e. The molecule has 0 aliphatic carbocycles. The van der Waals surface area contributed by atoms with Crippen molar-refractivity contribution in [3.63, 3.8) is 0 Å². The molecular weight excluding hydrogens is 554 g/mol. The van der Waals surface area contributed by atoms with Gasteiger partial charge in [0.1, 0.15) is 5.75 Å². The van der Waals surface area contributed by atoms with Crippen LogP contribution in [-0.2, 0) is 14.8 Å². The first-order chi connectivity index (χ1) is 19.9. The second-order valence-corrected chi connectivity index (χ2v) is 13.3. The molecule has 1 aliphatic rings. The van der Waals surface area contributed by atoms with Gasteiger partial charge in [-0.1, -0.05) is 18.2 Å². The minimum absolute atomic E-state index is 0.181. The van der Waals surface area contributed by atoms with Crippen molar-refractivity contribution >= 4 is 33.1 Å². The Kier molecular flexibility index (Phi) is 8.22. The average molecular weight is 592 g/mol.